The summed E-state index contributed by atoms with van der Waals surface area (Å²) >= 11 is 0. The molecule has 37 heavy (non-hydrogen) atoms. The van der Waals surface area contributed by atoms with Crippen molar-refractivity contribution in [3.63, 3.8) is 0 Å². The zero-order valence-corrected chi connectivity index (χ0v) is 21.5. The van der Waals surface area contributed by atoms with Gasteiger partial charge in [-0.05, 0) is 43.7 Å². The molecule has 0 saturated carbocycles. The van der Waals surface area contributed by atoms with E-state index in [9.17, 15) is 9.59 Å². The van der Waals surface area contributed by atoms with Crippen molar-refractivity contribution in [1.82, 2.24) is 14.5 Å². The highest BCUT2D eigenvalue weighted by molar-refractivity contribution is 5.98. The SMILES string of the molecule is COc1ccccc1N1CC(c2nc3ccccc3n2CC(=O)N(Cc2ccccc2)C(C)C)CC1=O. The van der Waals surface area contributed by atoms with E-state index >= 15 is 0 Å². The highest BCUT2D eigenvalue weighted by atomic mass is 16.5. The van der Waals surface area contributed by atoms with Crippen molar-refractivity contribution in [2.75, 3.05) is 18.6 Å². The molecule has 1 atom stereocenters. The van der Waals surface area contributed by atoms with Gasteiger partial charge >= 0.3 is 0 Å². The summed E-state index contributed by atoms with van der Waals surface area (Å²) in [5, 5.41) is 0. The van der Waals surface area contributed by atoms with E-state index in [1.807, 2.05) is 102 Å². The Morgan fingerprint density at radius 3 is 2.49 bits per heavy atom. The van der Waals surface area contributed by atoms with Gasteiger partial charge in [-0.3, -0.25) is 9.59 Å². The second kappa shape index (κ2) is 10.5. The molecule has 7 nitrogen and oxygen atoms in total. The lowest BCUT2D eigenvalue weighted by molar-refractivity contribution is -0.134. The number of carbonyl (C=O) groups excluding carboxylic acids is 2. The Labute approximate surface area is 217 Å². The Morgan fingerprint density at radius 2 is 1.73 bits per heavy atom. The normalized spacial score (nSPS) is 15.5. The topological polar surface area (TPSA) is 67.7 Å². The molecule has 0 aliphatic carbocycles. The first-order chi connectivity index (χ1) is 18.0. The van der Waals surface area contributed by atoms with Crippen molar-refractivity contribution < 1.29 is 14.3 Å². The predicted octanol–water partition coefficient (Wildman–Crippen LogP) is 5.00. The molecular weight excluding hydrogens is 464 g/mol. The van der Waals surface area contributed by atoms with Crippen LogP contribution < -0.4 is 9.64 Å². The van der Waals surface area contributed by atoms with E-state index in [0.717, 1.165) is 28.1 Å². The molecule has 0 N–H and O–H groups in total. The summed E-state index contributed by atoms with van der Waals surface area (Å²) in [6.45, 7) is 5.26. The van der Waals surface area contributed by atoms with Crippen LogP contribution in [-0.4, -0.2) is 46.0 Å². The molecule has 0 radical (unpaired) electrons. The fourth-order valence-electron chi connectivity index (χ4n) is 5.10. The molecular formula is C30H32N4O3. The lowest BCUT2D eigenvalue weighted by Crippen LogP contribution is -2.39. The van der Waals surface area contributed by atoms with Crippen LogP contribution in [0.3, 0.4) is 0 Å². The van der Waals surface area contributed by atoms with Crippen molar-refractivity contribution in [2.45, 2.75) is 45.3 Å². The van der Waals surface area contributed by atoms with Crippen molar-refractivity contribution in [2.24, 2.45) is 0 Å². The first-order valence-electron chi connectivity index (χ1n) is 12.7. The van der Waals surface area contributed by atoms with E-state index in [0.29, 0.717) is 25.3 Å². The standard InChI is InChI=1S/C30H32N4O3/c1-21(2)32(18-22-11-5-4-6-12-22)29(36)20-34-25-14-8-7-13-24(25)31-30(34)23-17-28(35)33(19-23)26-15-9-10-16-27(26)37-3/h4-16,21,23H,17-20H2,1-3H3. The Bertz CT molecular complexity index is 1410. The molecule has 7 heteroatoms. The van der Waals surface area contributed by atoms with E-state index in [1.165, 1.54) is 0 Å². The van der Waals surface area contributed by atoms with E-state index in [4.69, 9.17) is 9.72 Å². The third-order valence-corrected chi connectivity index (χ3v) is 6.98. The first-order valence-corrected chi connectivity index (χ1v) is 12.7. The van der Waals surface area contributed by atoms with E-state index in [-0.39, 0.29) is 30.3 Å². The number of para-hydroxylation sites is 4. The summed E-state index contributed by atoms with van der Waals surface area (Å²) in [4.78, 5) is 35.4. The number of hydrogen-bond acceptors (Lipinski definition) is 4. The molecule has 1 aliphatic rings. The maximum atomic E-state index is 13.7. The number of fused-ring (bicyclic) bond motifs is 1. The van der Waals surface area contributed by atoms with Gasteiger partial charge in [0.05, 0.1) is 23.8 Å². The number of benzene rings is 3. The molecule has 0 bridgehead atoms. The zero-order chi connectivity index (χ0) is 25.9. The number of rotatable bonds is 8. The third kappa shape index (κ3) is 4.94. The lowest BCUT2D eigenvalue weighted by atomic mass is 10.1. The molecule has 1 saturated heterocycles. The van der Waals surface area contributed by atoms with Crippen LogP contribution in [0.4, 0.5) is 5.69 Å². The quantitative estimate of drug-likeness (QED) is 0.344. The monoisotopic (exact) mass is 496 g/mol. The molecule has 1 unspecified atom stereocenters. The number of nitrogens with zero attached hydrogens (tertiary/aromatic N) is 4. The summed E-state index contributed by atoms with van der Waals surface area (Å²) in [6.07, 6.45) is 0.327. The van der Waals surface area contributed by atoms with Crippen LogP contribution in [0.1, 0.15) is 37.6 Å². The van der Waals surface area contributed by atoms with Gasteiger partial charge in [0, 0.05) is 31.5 Å². The average Bonchev–Trinajstić information content (AvgIpc) is 3.48. The number of anilines is 1. The minimum Gasteiger partial charge on any atom is -0.495 e. The number of amides is 2. The second-order valence-corrected chi connectivity index (χ2v) is 9.72. The third-order valence-electron chi connectivity index (χ3n) is 6.98. The summed E-state index contributed by atoms with van der Waals surface area (Å²) < 4.78 is 7.51. The highest BCUT2D eigenvalue weighted by Crippen LogP contribution is 2.37. The minimum absolute atomic E-state index is 0.0207. The van der Waals surface area contributed by atoms with Crippen LogP contribution >= 0.6 is 0 Å². The van der Waals surface area contributed by atoms with Crippen molar-refractivity contribution in [3.8, 4) is 5.75 Å². The Hall–Kier alpha value is -4.13. The molecule has 0 spiro atoms. The molecule has 1 aliphatic heterocycles. The summed E-state index contributed by atoms with van der Waals surface area (Å²) in [6, 6.07) is 25.5. The van der Waals surface area contributed by atoms with Gasteiger partial charge in [-0.1, -0.05) is 54.6 Å². The zero-order valence-electron chi connectivity index (χ0n) is 21.5. The van der Waals surface area contributed by atoms with Gasteiger partial charge in [-0.25, -0.2) is 4.98 Å². The van der Waals surface area contributed by atoms with Crippen LogP contribution in [0, 0.1) is 0 Å². The molecule has 2 heterocycles. The highest BCUT2D eigenvalue weighted by Gasteiger charge is 2.36. The molecule has 2 amide bonds. The van der Waals surface area contributed by atoms with Crippen LogP contribution in [-0.2, 0) is 22.7 Å². The van der Waals surface area contributed by atoms with E-state index < -0.39 is 0 Å². The number of carbonyl (C=O) groups is 2. The first kappa shape index (κ1) is 24.6. The van der Waals surface area contributed by atoms with Gasteiger partial charge in [0.2, 0.25) is 11.8 Å². The number of methoxy groups -OCH3 is 1. The van der Waals surface area contributed by atoms with Crippen molar-refractivity contribution >= 4 is 28.5 Å². The lowest BCUT2D eigenvalue weighted by Gasteiger charge is -2.28. The molecule has 4 aromatic rings. The van der Waals surface area contributed by atoms with Crippen LogP contribution in [0.5, 0.6) is 5.75 Å². The van der Waals surface area contributed by atoms with Gasteiger partial charge < -0.3 is 19.1 Å². The van der Waals surface area contributed by atoms with Gasteiger partial charge in [-0.15, -0.1) is 0 Å². The van der Waals surface area contributed by atoms with E-state index in [2.05, 4.69) is 0 Å². The minimum atomic E-state index is -0.140. The summed E-state index contributed by atoms with van der Waals surface area (Å²) in [5.41, 5.74) is 3.57. The molecule has 190 valence electrons. The fourth-order valence-corrected chi connectivity index (χ4v) is 5.10. The van der Waals surface area contributed by atoms with Gasteiger partial charge in [0.15, 0.2) is 0 Å². The maximum Gasteiger partial charge on any atom is 0.243 e. The van der Waals surface area contributed by atoms with Crippen LogP contribution in [0.25, 0.3) is 11.0 Å². The number of imidazole rings is 1. The Morgan fingerprint density at radius 1 is 1.03 bits per heavy atom. The Balaban J connectivity index is 1.46. The van der Waals surface area contributed by atoms with Gasteiger partial charge in [0.25, 0.3) is 0 Å². The Kier molecular flexibility index (Phi) is 6.95. The summed E-state index contributed by atoms with van der Waals surface area (Å²) in [5.74, 6) is 1.33. The predicted molar refractivity (Wildman–Crippen MR) is 145 cm³/mol. The molecule has 5 rings (SSSR count). The van der Waals surface area contributed by atoms with Crippen LogP contribution in [0.2, 0.25) is 0 Å². The van der Waals surface area contributed by atoms with Gasteiger partial charge in [-0.2, -0.15) is 0 Å². The number of ether oxygens (including phenoxy) is 1. The molecule has 3 aromatic carbocycles. The van der Waals surface area contributed by atoms with Crippen LogP contribution in [0.15, 0.2) is 78.9 Å². The number of aromatic nitrogens is 2. The maximum absolute atomic E-state index is 13.7. The van der Waals surface area contributed by atoms with Crippen molar-refractivity contribution in [3.05, 3.63) is 90.3 Å². The van der Waals surface area contributed by atoms with Gasteiger partial charge in [0.1, 0.15) is 18.1 Å². The summed E-state index contributed by atoms with van der Waals surface area (Å²) in [7, 11) is 1.61. The fraction of sp³-hybridized carbons (Fsp3) is 0.300. The van der Waals surface area contributed by atoms with Crippen molar-refractivity contribution in [1.29, 1.82) is 0 Å². The number of hydrogen-bond donors (Lipinski definition) is 0. The largest absolute Gasteiger partial charge is 0.495 e. The second-order valence-electron chi connectivity index (χ2n) is 9.72. The smallest absolute Gasteiger partial charge is 0.243 e. The average molecular weight is 497 g/mol. The van der Waals surface area contributed by atoms with E-state index in [1.54, 1.807) is 12.0 Å². The molecule has 1 fully saturated rings. The molecule has 1 aromatic heterocycles.